The second-order valence-corrected chi connectivity index (χ2v) is 4.73. The first kappa shape index (κ1) is 14.6. The molecule has 0 N–H and O–H groups in total. The highest BCUT2D eigenvalue weighted by atomic mass is 16.4. The van der Waals surface area contributed by atoms with Crippen molar-refractivity contribution in [2.75, 3.05) is 0 Å². The van der Waals surface area contributed by atoms with Crippen LogP contribution in [-0.4, -0.2) is 21.5 Å². The van der Waals surface area contributed by atoms with Gasteiger partial charge in [-0.3, -0.25) is 14.6 Å². The SMILES string of the molecule is C=C/C=C1/C(=O)c2nc(-c3cccnc3)oc2C(=O)/C1=C/C=C. The number of pyridine rings is 1. The quantitative estimate of drug-likeness (QED) is 0.813. The zero-order valence-corrected chi connectivity index (χ0v) is 12.2. The third kappa shape index (κ3) is 2.38. The largest absolute Gasteiger partial charge is 0.432 e. The summed E-state index contributed by atoms with van der Waals surface area (Å²) in [5, 5.41) is 0. The molecule has 5 heteroatoms. The molecular formula is C18H12N2O3. The molecule has 0 saturated heterocycles. The Morgan fingerprint density at radius 3 is 2.35 bits per heavy atom. The lowest BCUT2D eigenvalue weighted by atomic mass is 9.88. The number of aromatic nitrogens is 2. The molecule has 0 radical (unpaired) electrons. The second kappa shape index (κ2) is 5.81. The third-order valence-electron chi connectivity index (χ3n) is 3.31. The number of carbonyl (C=O) groups is 2. The maximum Gasteiger partial charge on any atom is 0.231 e. The Morgan fingerprint density at radius 1 is 1.04 bits per heavy atom. The Morgan fingerprint density at radius 2 is 1.74 bits per heavy atom. The molecule has 23 heavy (non-hydrogen) atoms. The average Bonchev–Trinajstić information content (AvgIpc) is 3.02. The minimum atomic E-state index is -0.407. The molecule has 0 aliphatic heterocycles. The van der Waals surface area contributed by atoms with Crippen molar-refractivity contribution in [3.63, 3.8) is 0 Å². The molecule has 0 spiro atoms. The van der Waals surface area contributed by atoms with Crippen LogP contribution in [0.25, 0.3) is 11.5 Å². The molecule has 2 aromatic heterocycles. The summed E-state index contributed by atoms with van der Waals surface area (Å²) in [6.07, 6.45) is 9.01. The summed E-state index contributed by atoms with van der Waals surface area (Å²) < 4.78 is 5.53. The zero-order valence-electron chi connectivity index (χ0n) is 12.2. The Hall–Kier alpha value is -3.34. The minimum absolute atomic E-state index is 0.00293. The van der Waals surface area contributed by atoms with Gasteiger partial charge in [-0.2, -0.15) is 0 Å². The molecule has 1 aliphatic rings. The standard InChI is InChI=1S/C18H12N2O3/c1-3-6-12-13(7-4-2)16(22)17-14(15(12)21)20-18(23-17)11-8-5-9-19-10-11/h3-10H,1-2H2/b12-6+,13-7+. The van der Waals surface area contributed by atoms with E-state index in [2.05, 4.69) is 23.1 Å². The van der Waals surface area contributed by atoms with E-state index in [9.17, 15) is 9.59 Å². The van der Waals surface area contributed by atoms with Gasteiger partial charge in [0.25, 0.3) is 0 Å². The van der Waals surface area contributed by atoms with E-state index < -0.39 is 5.78 Å². The number of nitrogens with zero attached hydrogens (tertiary/aromatic N) is 2. The van der Waals surface area contributed by atoms with Crippen molar-refractivity contribution in [3.05, 3.63) is 84.6 Å². The number of rotatable bonds is 3. The van der Waals surface area contributed by atoms with Crippen molar-refractivity contribution < 1.29 is 14.0 Å². The van der Waals surface area contributed by atoms with E-state index in [4.69, 9.17) is 4.42 Å². The van der Waals surface area contributed by atoms with Crippen molar-refractivity contribution in [2.45, 2.75) is 0 Å². The van der Waals surface area contributed by atoms with Gasteiger partial charge < -0.3 is 4.42 Å². The van der Waals surface area contributed by atoms with Gasteiger partial charge in [0.1, 0.15) is 0 Å². The number of Topliss-reactive ketones (excluding diaryl/α,β-unsaturated/α-hetero) is 2. The Balaban J connectivity index is 2.20. The fourth-order valence-corrected chi connectivity index (χ4v) is 2.30. The predicted molar refractivity (Wildman–Crippen MR) is 85.0 cm³/mol. The van der Waals surface area contributed by atoms with Crippen LogP contribution in [0.3, 0.4) is 0 Å². The summed E-state index contributed by atoms with van der Waals surface area (Å²) in [6, 6.07) is 3.45. The molecule has 0 saturated carbocycles. The summed E-state index contributed by atoms with van der Waals surface area (Å²) in [4.78, 5) is 33.3. The van der Waals surface area contributed by atoms with Crippen LogP contribution in [0.15, 0.2) is 77.6 Å². The summed E-state index contributed by atoms with van der Waals surface area (Å²) >= 11 is 0. The van der Waals surface area contributed by atoms with Crippen molar-refractivity contribution in [1.29, 1.82) is 0 Å². The van der Waals surface area contributed by atoms with E-state index in [0.29, 0.717) is 5.56 Å². The van der Waals surface area contributed by atoms with Crippen molar-refractivity contribution in [2.24, 2.45) is 0 Å². The molecule has 5 nitrogen and oxygen atoms in total. The van der Waals surface area contributed by atoms with Gasteiger partial charge in [0, 0.05) is 23.5 Å². The first-order valence-corrected chi connectivity index (χ1v) is 6.83. The van der Waals surface area contributed by atoms with Gasteiger partial charge in [-0.25, -0.2) is 4.98 Å². The lowest BCUT2D eigenvalue weighted by Gasteiger charge is -2.13. The molecule has 0 aromatic carbocycles. The highest BCUT2D eigenvalue weighted by molar-refractivity contribution is 6.29. The number of hydrogen-bond acceptors (Lipinski definition) is 5. The van der Waals surface area contributed by atoms with Gasteiger partial charge in [0.2, 0.25) is 23.2 Å². The van der Waals surface area contributed by atoms with Crippen LogP contribution < -0.4 is 0 Å². The van der Waals surface area contributed by atoms with Gasteiger partial charge in [0.05, 0.1) is 5.56 Å². The average molecular weight is 304 g/mol. The van der Waals surface area contributed by atoms with Crippen molar-refractivity contribution >= 4 is 11.6 Å². The van der Waals surface area contributed by atoms with Crippen LogP contribution in [0.2, 0.25) is 0 Å². The van der Waals surface area contributed by atoms with E-state index in [1.165, 1.54) is 24.3 Å². The number of oxazole rings is 1. The highest BCUT2D eigenvalue weighted by Gasteiger charge is 2.37. The number of allylic oxidation sites excluding steroid dienone is 6. The molecule has 0 unspecified atom stereocenters. The van der Waals surface area contributed by atoms with E-state index in [-0.39, 0.29) is 34.3 Å². The molecular weight excluding hydrogens is 292 g/mol. The van der Waals surface area contributed by atoms with Crippen molar-refractivity contribution in [1.82, 2.24) is 9.97 Å². The first-order chi connectivity index (χ1) is 11.2. The molecule has 0 fully saturated rings. The monoisotopic (exact) mass is 304 g/mol. The molecule has 112 valence electrons. The van der Waals surface area contributed by atoms with E-state index in [1.54, 1.807) is 24.5 Å². The molecule has 0 atom stereocenters. The number of ketones is 2. The Bertz CT molecular complexity index is 833. The Labute approximate surface area is 132 Å². The smallest absolute Gasteiger partial charge is 0.231 e. The molecule has 0 bridgehead atoms. The van der Waals surface area contributed by atoms with Crippen LogP contribution in [-0.2, 0) is 0 Å². The van der Waals surface area contributed by atoms with Gasteiger partial charge in [-0.05, 0) is 12.1 Å². The molecule has 2 heterocycles. The fraction of sp³-hybridized carbons (Fsp3) is 0. The van der Waals surface area contributed by atoms with Crippen LogP contribution in [0.5, 0.6) is 0 Å². The summed E-state index contributed by atoms with van der Waals surface area (Å²) in [6.45, 7) is 7.14. The Kier molecular flexibility index (Phi) is 3.68. The third-order valence-corrected chi connectivity index (χ3v) is 3.31. The number of fused-ring (bicyclic) bond motifs is 1. The van der Waals surface area contributed by atoms with Crippen molar-refractivity contribution in [3.8, 4) is 11.5 Å². The lowest BCUT2D eigenvalue weighted by molar-refractivity contribution is 0.0953. The molecule has 1 aliphatic carbocycles. The lowest BCUT2D eigenvalue weighted by Crippen LogP contribution is -2.22. The van der Waals surface area contributed by atoms with E-state index in [1.807, 2.05) is 0 Å². The van der Waals surface area contributed by atoms with Crippen LogP contribution in [0.1, 0.15) is 21.0 Å². The topological polar surface area (TPSA) is 73.1 Å². The molecule has 2 aromatic rings. The maximum atomic E-state index is 12.6. The maximum absolute atomic E-state index is 12.6. The summed E-state index contributed by atoms with van der Waals surface area (Å²) in [5.41, 5.74) is 1.03. The molecule has 0 amide bonds. The predicted octanol–water partition coefficient (Wildman–Crippen LogP) is 3.34. The highest BCUT2D eigenvalue weighted by Crippen LogP contribution is 2.32. The summed E-state index contributed by atoms with van der Waals surface area (Å²) in [5.74, 6) is -0.674. The normalized spacial score (nSPS) is 17.4. The van der Waals surface area contributed by atoms with Gasteiger partial charge in [0.15, 0.2) is 5.69 Å². The van der Waals surface area contributed by atoms with Crippen LogP contribution >= 0.6 is 0 Å². The van der Waals surface area contributed by atoms with Crippen LogP contribution in [0.4, 0.5) is 0 Å². The first-order valence-electron chi connectivity index (χ1n) is 6.83. The minimum Gasteiger partial charge on any atom is -0.432 e. The van der Waals surface area contributed by atoms with E-state index in [0.717, 1.165) is 0 Å². The molecule has 3 rings (SSSR count). The zero-order chi connectivity index (χ0) is 16.4. The van der Waals surface area contributed by atoms with Crippen LogP contribution in [0, 0.1) is 0 Å². The van der Waals surface area contributed by atoms with Gasteiger partial charge in [-0.15, -0.1) is 0 Å². The second-order valence-electron chi connectivity index (χ2n) is 4.73. The number of carbonyl (C=O) groups excluding carboxylic acids is 2. The summed E-state index contributed by atoms with van der Waals surface area (Å²) in [7, 11) is 0. The fourth-order valence-electron chi connectivity index (χ4n) is 2.30. The van der Waals surface area contributed by atoms with E-state index >= 15 is 0 Å². The number of hydrogen-bond donors (Lipinski definition) is 0. The van der Waals surface area contributed by atoms with Gasteiger partial charge >= 0.3 is 0 Å². The van der Waals surface area contributed by atoms with Gasteiger partial charge in [-0.1, -0.05) is 37.5 Å².